The molecule has 38 nitrogen and oxygen atoms in total. The Hall–Kier alpha value is -9.35. The maximum absolute atomic E-state index is 14.7. The molecular formula is C97H124N24O14P4S4Si2. The first-order chi connectivity index (χ1) is 68.5. The van der Waals surface area contributed by atoms with Gasteiger partial charge in [0, 0.05) is 99.0 Å². The van der Waals surface area contributed by atoms with Crippen molar-refractivity contribution in [3.63, 3.8) is 0 Å². The van der Waals surface area contributed by atoms with Crippen LogP contribution in [0.1, 0.15) is 129 Å². The van der Waals surface area contributed by atoms with E-state index < -0.39 is 116 Å². The van der Waals surface area contributed by atoms with Gasteiger partial charge in [-0.25, -0.2) is 59.8 Å². The third kappa shape index (κ3) is 22.1. The molecule has 20 atom stereocenters. The number of hydrogen-bond donors (Lipinski definition) is 4. The summed E-state index contributed by atoms with van der Waals surface area (Å²) < 4.78 is 77.5. The fourth-order valence-corrected chi connectivity index (χ4v) is 29.0. The van der Waals surface area contributed by atoms with E-state index in [2.05, 4.69) is 135 Å². The first-order valence-corrected chi connectivity index (χ1v) is 66.0. The van der Waals surface area contributed by atoms with Crippen molar-refractivity contribution in [2.45, 2.75) is 185 Å². The van der Waals surface area contributed by atoms with Crippen molar-refractivity contribution in [3.05, 3.63) is 232 Å². The number of rotatable bonds is 16. The van der Waals surface area contributed by atoms with Crippen molar-refractivity contribution >= 4 is 181 Å². The van der Waals surface area contributed by atoms with E-state index in [9.17, 15) is 19.2 Å². The lowest BCUT2D eigenvalue weighted by Crippen LogP contribution is -2.52. The van der Waals surface area contributed by atoms with Crippen LogP contribution in [0.3, 0.4) is 0 Å². The smallest absolute Gasteiger partial charge is 0.259 e. The molecule has 8 aromatic heterocycles. The monoisotopic (exact) mass is 2160 g/mol. The Bertz CT molecular complexity index is 7060. The molecule has 14 bridgehead atoms. The number of hydrogen-bond acceptors (Lipinski definition) is 30. The highest BCUT2D eigenvalue weighted by Gasteiger charge is 2.57. The maximum atomic E-state index is 14.7. The Kier molecular flexibility index (Phi) is 31.7. The summed E-state index contributed by atoms with van der Waals surface area (Å²) >= 11 is 25.4. The van der Waals surface area contributed by atoms with Gasteiger partial charge in [0.1, 0.15) is 87.8 Å². The average Bonchev–Trinajstić information content (AvgIpc) is 1.59. The third-order valence-corrected chi connectivity index (χ3v) is 45.1. The van der Waals surface area contributed by atoms with Crippen LogP contribution in [-0.4, -0.2) is 258 Å². The number of nitrogens with one attached hydrogen (secondary N) is 4. The van der Waals surface area contributed by atoms with Crippen LogP contribution in [0.2, 0.25) is 36.3 Å². The molecule has 6 unspecified atom stereocenters. The van der Waals surface area contributed by atoms with Crippen LogP contribution < -0.4 is 39.9 Å². The molecule has 8 aliphatic rings. The molecule has 6 saturated heterocycles. The summed E-state index contributed by atoms with van der Waals surface area (Å²) in [5.41, 5.74) is 5.27. The molecule has 768 valence electrons. The number of imidazole rings is 4. The normalized spacial score (nSPS) is 28.8. The summed E-state index contributed by atoms with van der Waals surface area (Å²) in [6.07, 6.45) is 1.58. The number of nitrogens with zero attached hydrogens (tertiary/aromatic N) is 20. The lowest BCUT2D eigenvalue weighted by molar-refractivity contribution is -0.0426. The van der Waals surface area contributed by atoms with Gasteiger partial charge in [-0.05, 0) is 84.8 Å². The fraction of sp³-hybridized carbons (Fsp3) is 0.443. The zero-order valence-corrected chi connectivity index (χ0v) is 91.7. The van der Waals surface area contributed by atoms with Crippen LogP contribution in [0.4, 0.5) is 23.3 Å². The Labute approximate surface area is 865 Å². The topological polar surface area (TPSA) is 396 Å². The van der Waals surface area contributed by atoms with Gasteiger partial charge in [0.05, 0.1) is 76.0 Å². The molecule has 16 heterocycles. The number of carbonyl (C=O) groups is 4. The van der Waals surface area contributed by atoms with E-state index in [4.69, 9.17) is 133 Å². The number of carbonyl (C=O) groups excluding carboxylic acids is 4. The van der Waals surface area contributed by atoms with E-state index in [-0.39, 0.29) is 123 Å². The second-order valence-electron chi connectivity index (χ2n) is 40.1. The zero-order chi connectivity index (χ0) is 102. The number of fused-ring (bicyclic) bond motifs is 14. The molecule has 12 aromatic rings. The van der Waals surface area contributed by atoms with E-state index in [0.717, 1.165) is 0 Å². The van der Waals surface area contributed by atoms with E-state index in [1.807, 2.05) is 130 Å². The molecule has 0 saturated carbocycles. The minimum atomic E-state index is -2.88. The molecule has 20 rings (SSSR count). The Morgan fingerprint density at radius 3 is 1.01 bits per heavy atom. The average molecular weight is 2160 g/mol. The predicted octanol–water partition coefficient (Wildman–Crippen LogP) is 15.8. The van der Waals surface area contributed by atoms with Crippen LogP contribution in [0.15, 0.2) is 209 Å². The standard InChI is InChI=1S/C49H62N12O7P2S2Si.C47H58N12O7P2S2Si.CH4/c1-11-23-58(45(62)32-19-15-13-16-20-32)41-38-43(52-27-50-41)60(29-54-38)47-31(3)36-34(66-47)25-64-70(8,72)57-37-35(26-65-69(7,71)56-36)67-48(40(37)68-73(9,10)49(4,5)6)61-30-55-39-42(51-28-53-44(39)61)59(24-12-2)46(63)33-21-17-14-18-22-33;1-29-34-32-23-62-68(6,70)55-35-33(24-63-67(5,69)54-34)65-46(38(35)66-71(7,8)47(2,3)4)59-28-53-37-40(49-26-51-42(37)59)57(44(61)31-19-13-10-14-20-31)22-16-15-21-56(43(60)30-17-11-9-12-18-30)39-36-41(50-25-48-39)58(27-52-36)45(29)64-32;/h11-22,27-31,34-37,40,47-48H,1-2,23-26H2,3-10H3,(H,56,71)(H,57,72);9-20,25-29,32-35,38,45-46H,21-24H2,1-8H3,(H,54,69)(H,55,70);1H4/b;16-15+;/t31?,34-,35-,36+,37-,40-,47-,48-,69?,70?;29?,32-,33-,34+,35-,38-,45-,46-,67?,68?;/m11./s1. The number of ether oxygens (including phenoxy) is 4. The molecule has 4 aromatic carbocycles. The van der Waals surface area contributed by atoms with Gasteiger partial charge in [-0.3, -0.25) is 77.4 Å². The fourth-order valence-electron chi connectivity index (χ4n) is 18.6. The second-order valence-corrected chi connectivity index (χ2v) is 66.8. The Morgan fingerprint density at radius 2 is 0.690 bits per heavy atom. The summed E-state index contributed by atoms with van der Waals surface area (Å²) in [4.78, 5) is 120. The summed E-state index contributed by atoms with van der Waals surface area (Å²) in [6.45, 7) is 42.5. The first kappa shape index (κ1) is 107. The second kappa shape index (κ2) is 42.9. The highest BCUT2D eigenvalue weighted by molar-refractivity contribution is 8.12. The van der Waals surface area contributed by atoms with Gasteiger partial charge in [-0.15, -0.1) is 13.2 Å². The largest absolute Gasteiger partial charge is 0.408 e. The Balaban J connectivity index is 0.000000197. The van der Waals surface area contributed by atoms with E-state index in [1.54, 1.807) is 95.8 Å². The molecule has 48 heteroatoms. The minimum absolute atomic E-state index is 0. The number of aromatic nitrogens is 16. The molecule has 4 N–H and O–H groups in total. The summed E-state index contributed by atoms with van der Waals surface area (Å²) in [6, 6.07) is 34.2. The molecule has 6 fully saturated rings. The van der Waals surface area contributed by atoms with Crippen LogP contribution >= 0.6 is 25.7 Å². The summed E-state index contributed by atoms with van der Waals surface area (Å²) in [5.74, 6) is -0.327. The minimum Gasteiger partial charge on any atom is -0.408 e. The van der Waals surface area contributed by atoms with Gasteiger partial charge in [-0.2, -0.15) is 0 Å². The quantitative estimate of drug-likeness (QED) is 0.0396. The van der Waals surface area contributed by atoms with Crippen LogP contribution in [0, 0.1) is 11.8 Å². The van der Waals surface area contributed by atoms with Crippen LogP contribution in [0.25, 0.3) is 44.7 Å². The highest BCUT2D eigenvalue weighted by atomic mass is 32.5. The Morgan fingerprint density at radius 1 is 0.414 bits per heavy atom. The SMILES string of the molecule is C.C=CCN(C(=O)c1ccccc1)c1ncnc2c1ncn2[C@@H]1O[C@@H]2COP(C)(=S)N[C@H]3[C@@H](O[Si](C)(C)C(C)(C)C)[C@H](n4cnc5c(N(CC=C)C(=O)c6ccccc6)ncnc54)O[C@@H]3COP(C)(=S)N[C@H]2C1C.CC1[C@H]2O[C@@H]3COP(C)(=S)N[C@H]4[C@@H](O[Si](C)(C)C(C)(C)C)[C@@H](O[C@@H]4COP(C)(=S)N[C@@H]13)n1cnc3c(ncnc31)N(C(=O)c1ccccc1)C/C=C/CN(C(=O)c1ccccc1)c1ncnc3c1ncn32. The number of anilines is 4. The van der Waals surface area contributed by atoms with Gasteiger partial charge >= 0.3 is 0 Å². The number of benzene rings is 4. The molecule has 0 aliphatic carbocycles. The molecule has 0 spiro atoms. The lowest BCUT2D eigenvalue weighted by atomic mass is 10.00. The van der Waals surface area contributed by atoms with E-state index >= 15 is 0 Å². The molecule has 4 amide bonds. The van der Waals surface area contributed by atoms with Gasteiger partial charge in [-0.1, -0.05) is 207 Å². The van der Waals surface area contributed by atoms with Crippen molar-refractivity contribution in [2.75, 3.05) is 98.9 Å². The van der Waals surface area contributed by atoms with Gasteiger partial charge < -0.3 is 45.9 Å². The van der Waals surface area contributed by atoms with E-state index in [1.165, 1.54) is 35.1 Å². The van der Waals surface area contributed by atoms with Crippen molar-refractivity contribution in [2.24, 2.45) is 11.8 Å². The van der Waals surface area contributed by atoms with Gasteiger partial charge in [0.25, 0.3) is 23.6 Å². The summed E-state index contributed by atoms with van der Waals surface area (Å²) in [5, 5.41) is 14.5. The maximum Gasteiger partial charge on any atom is 0.259 e. The van der Waals surface area contributed by atoms with E-state index in [0.29, 0.717) is 84.4 Å². The lowest BCUT2D eigenvalue weighted by Gasteiger charge is -2.41. The van der Waals surface area contributed by atoms with Gasteiger partial charge in [0.15, 0.2) is 97.0 Å². The van der Waals surface area contributed by atoms with Crippen molar-refractivity contribution in [1.29, 1.82) is 0 Å². The molecular weight excluding hydrogens is 2030 g/mol. The predicted molar refractivity (Wildman–Crippen MR) is 580 cm³/mol. The van der Waals surface area contributed by atoms with Gasteiger partial charge in [0.2, 0.25) is 0 Å². The third-order valence-electron chi connectivity index (χ3n) is 28.0. The van der Waals surface area contributed by atoms with Crippen molar-refractivity contribution in [3.8, 4) is 0 Å². The first-order valence-electron chi connectivity index (χ1n) is 47.5. The zero-order valence-electron chi connectivity index (χ0n) is 82.9. The highest BCUT2D eigenvalue weighted by Crippen LogP contribution is 2.55. The van der Waals surface area contributed by atoms with Crippen LogP contribution in [-0.2, 0) is 93.1 Å². The molecule has 145 heavy (non-hydrogen) atoms. The van der Waals surface area contributed by atoms with Crippen molar-refractivity contribution < 1.29 is 65.1 Å². The van der Waals surface area contributed by atoms with Crippen LogP contribution in [0.5, 0.6) is 0 Å². The number of amides is 4. The summed E-state index contributed by atoms with van der Waals surface area (Å²) in [7, 11) is -5.11. The molecule has 0 radical (unpaired) electrons. The van der Waals surface area contributed by atoms with Crippen molar-refractivity contribution in [1.82, 2.24) is 98.4 Å². The molecule has 8 aliphatic heterocycles.